The van der Waals surface area contributed by atoms with Crippen molar-refractivity contribution in [2.24, 2.45) is 0 Å². The number of halogens is 2. The molecule has 0 saturated carbocycles. The molecule has 0 aliphatic rings. The second-order valence-corrected chi connectivity index (χ2v) is 4.69. The molecule has 1 amide bonds. The van der Waals surface area contributed by atoms with Gasteiger partial charge in [-0.3, -0.25) is 4.79 Å². The van der Waals surface area contributed by atoms with Gasteiger partial charge in [-0.15, -0.1) is 0 Å². The number of amides is 1. The predicted molar refractivity (Wildman–Crippen MR) is 75.2 cm³/mol. The molecule has 4 nitrogen and oxygen atoms in total. The molecule has 0 fully saturated rings. The molecule has 21 heavy (non-hydrogen) atoms. The normalized spacial score (nSPS) is 10.2. The molecule has 1 aromatic carbocycles. The summed E-state index contributed by atoms with van der Waals surface area (Å²) >= 11 is 5.79. The Labute approximate surface area is 126 Å². The second kappa shape index (κ2) is 6.42. The maximum Gasteiger partial charge on any atom is 0.259 e. The van der Waals surface area contributed by atoms with Gasteiger partial charge in [-0.2, -0.15) is 5.26 Å². The fraction of sp³-hybridized carbons (Fsp3) is 0.200. The summed E-state index contributed by atoms with van der Waals surface area (Å²) in [5.74, 6) is -0.849. The van der Waals surface area contributed by atoms with E-state index in [4.69, 9.17) is 21.3 Å². The standard InChI is InChI=1S/C15H12ClFN2O2/c1-2-19(15(20)12-5-6-21-14(12)16)9-11-4-3-10(8-18)7-13(11)17/h3-7H,2,9H2,1H3. The lowest BCUT2D eigenvalue weighted by molar-refractivity contribution is 0.0750. The van der Waals surface area contributed by atoms with Crippen LogP contribution in [0.3, 0.4) is 0 Å². The van der Waals surface area contributed by atoms with Crippen molar-refractivity contribution in [1.29, 1.82) is 5.26 Å². The van der Waals surface area contributed by atoms with Crippen LogP contribution in [0.15, 0.2) is 34.9 Å². The fourth-order valence-corrected chi connectivity index (χ4v) is 2.09. The third-order valence-corrected chi connectivity index (χ3v) is 3.35. The average molecular weight is 307 g/mol. The predicted octanol–water partition coefficient (Wildman–Crippen LogP) is 3.61. The zero-order valence-electron chi connectivity index (χ0n) is 11.3. The summed E-state index contributed by atoms with van der Waals surface area (Å²) in [6, 6.07) is 7.51. The molecule has 0 radical (unpaired) electrons. The van der Waals surface area contributed by atoms with Crippen molar-refractivity contribution in [1.82, 2.24) is 4.90 Å². The van der Waals surface area contributed by atoms with E-state index in [1.807, 2.05) is 6.07 Å². The number of hydrogen-bond donors (Lipinski definition) is 0. The fourth-order valence-electron chi connectivity index (χ4n) is 1.89. The van der Waals surface area contributed by atoms with Crippen LogP contribution in [0.4, 0.5) is 4.39 Å². The summed E-state index contributed by atoms with van der Waals surface area (Å²) in [4.78, 5) is 13.7. The van der Waals surface area contributed by atoms with E-state index in [2.05, 4.69) is 0 Å². The van der Waals surface area contributed by atoms with Gasteiger partial charge in [0.1, 0.15) is 5.82 Å². The van der Waals surface area contributed by atoms with Crippen LogP contribution in [-0.2, 0) is 6.54 Å². The van der Waals surface area contributed by atoms with E-state index in [0.29, 0.717) is 12.1 Å². The Morgan fingerprint density at radius 1 is 1.48 bits per heavy atom. The molecule has 2 rings (SSSR count). The van der Waals surface area contributed by atoms with Gasteiger partial charge < -0.3 is 9.32 Å². The Bertz CT molecular complexity index is 706. The molecule has 0 unspecified atom stereocenters. The maximum atomic E-state index is 13.9. The Kier molecular flexibility index (Phi) is 4.61. The van der Waals surface area contributed by atoms with E-state index in [9.17, 15) is 9.18 Å². The Morgan fingerprint density at radius 3 is 2.76 bits per heavy atom. The second-order valence-electron chi connectivity index (χ2n) is 4.35. The smallest absolute Gasteiger partial charge is 0.259 e. The summed E-state index contributed by atoms with van der Waals surface area (Å²) < 4.78 is 18.8. The van der Waals surface area contributed by atoms with Gasteiger partial charge in [0, 0.05) is 18.7 Å². The Balaban J connectivity index is 2.22. The number of rotatable bonds is 4. The van der Waals surface area contributed by atoms with Crippen molar-refractivity contribution in [2.45, 2.75) is 13.5 Å². The van der Waals surface area contributed by atoms with Gasteiger partial charge in [0.2, 0.25) is 5.22 Å². The highest BCUT2D eigenvalue weighted by Gasteiger charge is 2.20. The summed E-state index contributed by atoms with van der Waals surface area (Å²) in [7, 11) is 0. The van der Waals surface area contributed by atoms with E-state index >= 15 is 0 Å². The molecule has 0 aliphatic carbocycles. The quantitative estimate of drug-likeness (QED) is 0.867. The van der Waals surface area contributed by atoms with Crippen molar-refractivity contribution in [3.8, 4) is 6.07 Å². The van der Waals surface area contributed by atoms with Crippen LogP contribution in [-0.4, -0.2) is 17.4 Å². The molecular weight excluding hydrogens is 295 g/mol. The van der Waals surface area contributed by atoms with E-state index in [1.54, 1.807) is 6.92 Å². The zero-order valence-corrected chi connectivity index (χ0v) is 12.0. The number of carbonyl (C=O) groups excluding carboxylic acids is 1. The Hall–Kier alpha value is -2.32. The lowest BCUT2D eigenvalue weighted by Crippen LogP contribution is -2.30. The van der Waals surface area contributed by atoms with Crippen molar-refractivity contribution in [3.63, 3.8) is 0 Å². The van der Waals surface area contributed by atoms with E-state index in [1.165, 1.54) is 29.4 Å². The molecular formula is C15H12ClFN2O2. The summed E-state index contributed by atoms with van der Waals surface area (Å²) in [6.07, 6.45) is 1.33. The Morgan fingerprint density at radius 2 is 2.24 bits per heavy atom. The molecule has 108 valence electrons. The molecule has 0 atom stereocenters. The monoisotopic (exact) mass is 306 g/mol. The number of hydrogen-bond acceptors (Lipinski definition) is 3. The minimum absolute atomic E-state index is 0.0127. The molecule has 1 aromatic heterocycles. The number of carbonyl (C=O) groups is 1. The van der Waals surface area contributed by atoms with Gasteiger partial charge in [-0.25, -0.2) is 4.39 Å². The van der Waals surface area contributed by atoms with Crippen LogP contribution in [0, 0.1) is 17.1 Å². The van der Waals surface area contributed by atoms with Gasteiger partial charge in [-0.05, 0) is 36.7 Å². The molecule has 0 N–H and O–H groups in total. The first-order chi connectivity index (χ1) is 10.1. The summed E-state index contributed by atoms with van der Waals surface area (Å²) in [5, 5.41) is 8.73. The zero-order chi connectivity index (χ0) is 15.4. The molecule has 1 heterocycles. The summed E-state index contributed by atoms with van der Waals surface area (Å²) in [5.41, 5.74) is 0.819. The third-order valence-electron chi connectivity index (χ3n) is 3.06. The minimum atomic E-state index is -0.515. The van der Waals surface area contributed by atoms with Gasteiger partial charge in [0.15, 0.2) is 0 Å². The number of nitriles is 1. The van der Waals surface area contributed by atoms with Gasteiger partial charge in [0.05, 0.1) is 23.5 Å². The molecule has 6 heteroatoms. The highest BCUT2D eigenvalue weighted by atomic mass is 35.5. The van der Waals surface area contributed by atoms with Crippen LogP contribution in [0.25, 0.3) is 0 Å². The van der Waals surface area contributed by atoms with Crippen molar-refractivity contribution >= 4 is 17.5 Å². The number of nitrogens with zero attached hydrogens (tertiary/aromatic N) is 2. The van der Waals surface area contributed by atoms with Gasteiger partial charge in [-0.1, -0.05) is 6.07 Å². The van der Waals surface area contributed by atoms with E-state index in [-0.39, 0.29) is 28.8 Å². The van der Waals surface area contributed by atoms with Crippen molar-refractivity contribution in [3.05, 3.63) is 58.3 Å². The average Bonchev–Trinajstić information content (AvgIpc) is 2.91. The molecule has 0 bridgehead atoms. The molecule has 0 spiro atoms. The molecule has 0 saturated heterocycles. The van der Waals surface area contributed by atoms with E-state index < -0.39 is 5.82 Å². The highest BCUT2D eigenvalue weighted by Crippen LogP contribution is 2.20. The third kappa shape index (κ3) is 3.23. The van der Waals surface area contributed by atoms with Crippen molar-refractivity contribution in [2.75, 3.05) is 6.54 Å². The minimum Gasteiger partial charge on any atom is -0.452 e. The van der Waals surface area contributed by atoms with Crippen LogP contribution in [0.1, 0.15) is 28.4 Å². The summed E-state index contributed by atoms with van der Waals surface area (Å²) in [6.45, 7) is 2.27. The van der Waals surface area contributed by atoms with Crippen LogP contribution in [0.5, 0.6) is 0 Å². The van der Waals surface area contributed by atoms with Crippen molar-refractivity contribution < 1.29 is 13.6 Å². The number of furan rings is 1. The molecule has 0 aliphatic heterocycles. The first kappa shape index (κ1) is 15.1. The SMILES string of the molecule is CCN(Cc1ccc(C#N)cc1F)C(=O)c1ccoc1Cl. The maximum absolute atomic E-state index is 13.9. The highest BCUT2D eigenvalue weighted by molar-refractivity contribution is 6.32. The molecule has 2 aromatic rings. The van der Waals surface area contributed by atoms with Crippen LogP contribution < -0.4 is 0 Å². The largest absolute Gasteiger partial charge is 0.452 e. The van der Waals surface area contributed by atoms with Gasteiger partial charge in [0.25, 0.3) is 5.91 Å². The van der Waals surface area contributed by atoms with Crippen LogP contribution >= 0.6 is 11.6 Å². The van der Waals surface area contributed by atoms with E-state index in [0.717, 1.165) is 6.07 Å². The first-order valence-corrected chi connectivity index (χ1v) is 6.65. The van der Waals surface area contributed by atoms with Crippen LogP contribution in [0.2, 0.25) is 5.22 Å². The number of benzene rings is 1. The van der Waals surface area contributed by atoms with Gasteiger partial charge >= 0.3 is 0 Å². The lowest BCUT2D eigenvalue weighted by atomic mass is 10.1. The lowest BCUT2D eigenvalue weighted by Gasteiger charge is -2.20. The first-order valence-electron chi connectivity index (χ1n) is 6.27. The topological polar surface area (TPSA) is 57.2 Å².